The number of carbonyl (C=O) groups is 2. The van der Waals surface area contributed by atoms with E-state index in [1.54, 1.807) is 11.8 Å². The Hall–Kier alpha value is -1.26. The van der Waals surface area contributed by atoms with Crippen LogP contribution in [0.25, 0.3) is 0 Å². The smallest absolute Gasteiger partial charge is 0.410 e. The minimum atomic E-state index is -0.297. The molecule has 5 heteroatoms. The van der Waals surface area contributed by atoms with E-state index < -0.39 is 0 Å². The van der Waals surface area contributed by atoms with Gasteiger partial charge < -0.3 is 14.4 Å². The van der Waals surface area contributed by atoms with Crippen molar-refractivity contribution in [2.24, 2.45) is 5.92 Å². The van der Waals surface area contributed by atoms with Crippen molar-refractivity contribution in [1.29, 1.82) is 0 Å². The van der Waals surface area contributed by atoms with Gasteiger partial charge in [-0.2, -0.15) is 0 Å². The van der Waals surface area contributed by atoms with Gasteiger partial charge in [0, 0.05) is 6.54 Å². The molecule has 15 heavy (non-hydrogen) atoms. The van der Waals surface area contributed by atoms with E-state index in [4.69, 9.17) is 9.47 Å². The van der Waals surface area contributed by atoms with E-state index in [-0.39, 0.29) is 24.0 Å². The number of esters is 1. The summed E-state index contributed by atoms with van der Waals surface area (Å²) in [6.45, 7) is 3.19. The van der Waals surface area contributed by atoms with Crippen LogP contribution in [0.2, 0.25) is 0 Å². The Kier molecular flexibility index (Phi) is 2.79. The molecule has 2 atom stereocenters. The Bertz CT molecular complexity index is 279. The summed E-state index contributed by atoms with van der Waals surface area (Å²) >= 11 is 0. The van der Waals surface area contributed by atoms with Crippen molar-refractivity contribution in [3.8, 4) is 0 Å². The minimum Gasteiger partial charge on any atom is -0.466 e. The fraction of sp³-hybridized carbons (Fsp3) is 0.800. The molecule has 2 fully saturated rings. The van der Waals surface area contributed by atoms with Gasteiger partial charge in [-0.1, -0.05) is 0 Å². The van der Waals surface area contributed by atoms with E-state index in [0.717, 1.165) is 12.8 Å². The molecule has 0 saturated carbocycles. The predicted molar refractivity (Wildman–Crippen MR) is 51.2 cm³/mol. The number of amides is 1. The largest absolute Gasteiger partial charge is 0.466 e. The fourth-order valence-corrected chi connectivity index (χ4v) is 2.25. The second-order valence-corrected chi connectivity index (χ2v) is 3.84. The summed E-state index contributed by atoms with van der Waals surface area (Å²) in [5.41, 5.74) is 0. The number of rotatable bonds is 2. The molecule has 0 radical (unpaired) electrons. The van der Waals surface area contributed by atoms with Crippen molar-refractivity contribution in [3.63, 3.8) is 0 Å². The molecule has 0 aromatic carbocycles. The van der Waals surface area contributed by atoms with Crippen molar-refractivity contribution < 1.29 is 19.1 Å². The van der Waals surface area contributed by atoms with Gasteiger partial charge in [0.1, 0.15) is 6.61 Å². The van der Waals surface area contributed by atoms with Gasteiger partial charge in [0.25, 0.3) is 0 Å². The van der Waals surface area contributed by atoms with Crippen LogP contribution in [0.5, 0.6) is 0 Å². The first kappa shape index (κ1) is 10.3. The van der Waals surface area contributed by atoms with Crippen molar-refractivity contribution >= 4 is 12.1 Å². The van der Waals surface area contributed by atoms with E-state index in [1.807, 2.05) is 0 Å². The van der Waals surface area contributed by atoms with Gasteiger partial charge >= 0.3 is 12.1 Å². The Morgan fingerprint density at radius 1 is 1.67 bits per heavy atom. The van der Waals surface area contributed by atoms with E-state index in [1.165, 1.54) is 0 Å². The van der Waals surface area contributed by atoms with E-state index >= 15 is 0 Å². The van der Waals surface area contributed by atoms with Crippen LogP contribution in [0, 0.1) is 5.92 Å². The molecule has 0 N–H and O–H groups in total. The average Bonchev–Trinajstić information content (AvgIpc) is 2.61. The minimum absolute atomic E-state index is 0.106. The zero-order valence-corrected chi connectivity index (χ0v) is 8.77. The molecule has 5 nitrogen and oxygen atoms in total. The summed E-state index contributed by atoms with van der Waals surface area (Å²) in [7, 11) is 0. The maximum Gasteiger partial charge on any atom is 0.410 e. The highest BCUT2D eigenvalue weighted by atomic mass is 16.6. The van der Waals surface area contributed by atoms with Crippen molar-refractivity contribution in [2.45, 2.75) is 25.8 Å². The van der Waals surface area contributed by atoms with E-state index in [2.05, 4.69) is 0 Å². The molecule has 2 aliphatic heterocycles. The molecular formula is C10H15NO4. The average molecular weight is 213 g/mol. The van der Waals surface area contributed by atoms with Crippen LogP contribution < -0.4 is 0 Å². The number of ether oxygens (including phenoxy) is 2. The molecule has 0 bridgehead atoms. The first-order valence-electron chi connectivity index (χ1n) is 5.34. The summed E-state index contributed by atoms with van der Waals surface area (Å²) in [6.07, 6.45) is 1.33. The lowest BCUT2D eigenvalue weighted by Crippen LogP contribution is -2.47. The van der Waals surface area contributed by atoms with Crippen molar-refractivity contribution in [3.05, 3.63) is 0 Å². The Labute approximate surface area is 88.3 Å². The lowest BCUT2D eigenvalue weighted by atomic mass is 9.90. The number of hydrogen-bond donors (Lipinski definition) is 0. The highest BCUT2D eigenvalue weighted by molar-refractivity contribution is 5.77. The number of piperidine rings is 1. The van der Waals surface area contributed by atoms with Crippen molar-refractivity contribution in [1.82, 2.24) is 4.90 Å². The zero-order valence-electron chi connectivity index (χ0n) is 8.77. The van der Waals surface area contributed by atoms with Gasteiger partial charge in [0.15, 0.2) is 0 Å². The first-order valence-corrected chi connectivity index (χ1v) is 5.34. The summed E-state index contributed by atoms with van der Waals surface area (Å²) in [4.78, 5) is 24.6. The SMILES string of the molecule is CCOC(=O)[C@@H]1CCCN2C(=O)OC[C@H]12. The maximum absolute atomic E-state index is 11.6. The molecule has 0 aromatic heterocycles. The van der Waals surface area contributed by atoms with E-state index in [9.17, 15) is 9.59 Å². The van der Waals surface area contributed by atoms with Crippen LogP contribution in [0.3, 0.4) is 0 Å². The van der Waals surface area contributed by atoms with Gasteiger partial charge in [0.2, 0.25) is 0 Å². The molecule has 0 spiro atoms. The maximum atomic E-state index is 11.6. The normalized spacial score (nSPS) is 29.7. The van der Waals surface area contributed by atoms with Gasteiger partial charge in [-0.05, 0) is 19.8 Å². The zero-order chi connectivity index (χ0) is 10.8. The molecule has 0 unspecified atom stereocenters. The number of carbonyl (C=O) groups excluding carboxylic acids is 2. The lowest BCUT2D eigenvalue weighted by Gasteiger charge is -2.32. The predicted octanol–water partition coefficient (Wildman–Crippen LogP) is 0.780. The van der Waals surface area contributed by atoms with Crippen LogP contribution in [0.15, 0.2) is 0 Å². The molecule has 0 aromatic rings. The molecule has 84 valence electrons. The topological polar surface area (TPSA) is 55.8 Å². The third-order valence-electron chi connectivity index (χ3n) is 2.98. The summed E-state index contributed by atoms with van der Waals surface area (Å²) < 4.78 is 9.93. The highest BCUT2D eigenvalue weighted by Gasteiger charge is 2.44. The molecule has 2 saturated heterocycles. The Morgan fingerprint density at radius 3 is 3.20 bits per heavy atom. The molecule has 0 aliphatic carbocycles. The Morgan fingerprint density at radius 2 is 2.47 bits per heavy atom. The second kappa shape index (κ2) is 4.08. The molecule has 2 heterocycles. The van der Waals surface area contributed by atoms with Crippen LogP contribution in [-0.2, 0) is 14.3 Å². The molecular weight excluding hydrogens is 198 g/mol. The summed E-state index contributed by atoms with van der Waals surface area (Å²) in [5, 5.41) is 0. The van der Waals surface area contributed by atoms with Crippen LogP contribution >= 0.6 is 0 Å². The third kappa shape index (κ3) is 1.78. The lowest BCUT2D eigenvalue weighted by molar-refractivity contribution is -0.151. The first-order chi connectivity index (χ1) is 7.24. The highest BCUT2D eigenvalue weighted by Crippen LogP contribution is 2.29. The van der Waals surface area contributed by atoms with Crippen molar-refractivity contribution in [2.75, 3.05) is 19.8 Å². The van der Waals surface area contributed by atoms with E-state index in [0.29, 0.717) is 19.8 Å². The van der Waals surface area contributed by atoms with Gasteiger partial charge in [-0.25, -0.2) is 4.79 Å². The molecule has 1 amide bonds. The molecule has 2 aliphatic rings. The monoisotopic (exact) mass is 213 g/mol. The molecule has 2 rings (SSSR count). The third-order valence-corrected chi connectivity index (χ3v) is 2.98. The van der Waals surface area contributed by atoms with Crippen LogP contribution in [0.1, 0.15) is 19.8 Å². The van der Waals surface area contributed by atoms with Crippen LogP contribution in [0.4, 0.5) is 4.79 Å². The van der Waals surface area contributed by atoms with Gasteiger partial charge in [-0.3, -0.25) is 4.79 Å². The fourth-order valence-electron chi connectivity index (χ4n) is 2.25. The quantitative estimate of drug-likeness (QED) is 0.636. The standard InChI is InChI=1S/C10H15NO4/c1-2-14-9(12)7-4-3-5-11-8(7)6-15-10(11)13/h7-8H,2-6H2,1H3/t7-,8-/m1/s1. The van der Waals surface area contributed by atoms with Gasteiger partial charge in [-0.15, -0.1) is 0 Å². The summed E-state index contributed by atoms with van der Waals surface area (Å²) in [5.74, 6) is -0.407. The number of hydrogen-bond acceptors (Lipinski definition) is 4. The number of fused-ring (bicyclic) bond motifs is 1. The van der Waals surface area contributed by atoms with Crippen LogP contribution in [-0.4, -0.2) is 42.8 Å². The second-order valence-electron chi connectivity index (χ2n) is 3.84. The summed E-state index contributed by atoms with van der Waals surface area (Å²) in [6, 6.07) is -0.106. The Balaban J connectivity index is 2.06. The number of nitrogens with zero attached hydrogens (tertiary/aromatic N) is 1. The number of cyclic esters (lactones) is 1. The van der Waals surface area contributed by atoms with Gasteiger partial charge in [0.05, 0.1) is 18.6 Å².